The molecule has 0 aliphatic rings. The number of benzene rings is 2. The van der Waals surface area contributed by atoms with Crippen LogP contribution in [0.25, 0.3) is 10.9 Å². The number of nitrogens with zero attached hydrogens (tertiary/aromatic N) is 3. The molecule has 1 N–H and O–H groups in total. The van der Waals surface area contributed by atoms with Crippen molar-refractivity contribution in [3.63, 3.8) is 0 Å². The number of fused-ring (bicyclic) bond motifs is 1. The van der Waals surface area contributed by atoms with Gasteiger partial charge in [-0.1, -0.05) is 41.1 Å². The summed E-state index contributed by atoms with van der Waals surface area (Å²) in [6.45, 7) is 6.89. The van der Waals surface area contributed by atoms with Gasteiger partial charge in [0.1, 0.15) is 5.82 Å². The highest BCUT2D eigenvalue weighted by Gasteiger charge is 2.25. The number of carbonyl (C=O) groups excluding carboxylic acids is 1. The van der Waals surface area contributed by atoms with Crippen LogP contribution in [0, 0.1) is 0 Å². The minimum Gasteiger partial charge on any atom is -0.315 e. The monoisotopic (exact) mass is 456 g/mol. The molecule has 0 radical (unpaired) electrons. The fourth-order valence-electron chi connectivity index (χ4n) is 3.44. The molecule has 3 rings (SSSR count). The van der Waals surface area contributed by atoms with E-state index in [9.17, 15) is 9.59 Å². The van der Waals surface area contributed by atoms with Crippen molar-refractivity contribution in [1.29, 1.82) is 0 Å². The highest BCUT2D eigenvalue weighted by Crippen LogP contribution is 2.22. The minimum absolute atomic E-state index is 0.0669. The van der Waals surface area contributed by atoms with Gasteiger partial charge in [0.25, 0.3) is 5.56 Å². The number of aromatic nitrogens is 2. The Morgan fingerprint density at radius 3 is 2.66 bits per heavy atom. The lowest BCUT2D eigenvalue weighted by atomic mass is 10.2. The number of amides is 2. The van der Waals surface area contributed by atoms with Crippen molar-refractivity contribution in [2.24, 2.45) is 0 Å². The van der Waals surface area contributed by atoms with Crippen LogP contribution in [0.3, 0.4) is 0 Å². The van der Waals surface area contributed by atoms with Crippen LogP contribution in [0.4, 0.5) is 10.5 Å². The topological polar surface area (TPSA) is 67.2 Å². The Balaban J connectivity index is 1.99. The molecule has 0 fully saturated rings. The number of rotatable bonds is 6. The molecule has 0 bridgehead atoms. The van der Waals surface area contributed by atoms with Gasteiger partial charge in [-0.25, -0.2) is 9.78 Å². The highest BCUT2D eigenvalue weighted by atomic mass is 79.9. The van der Waals surface area contributed by atoms with Gasteiger partial charge in [0.2, 0.25) is 0 Å². The third-order valence-electron chi connectivity index (χ3n) is 4.86. The molecule has 1 unspecified atom stereocenters. The molecule has 1 atom stereocenters. The van der Waals surface area contributed by atoms with Gasteiger partial charge in [0, 0.05) is 23.2 Å². The summed E-state index contributed by atoms with van der Waals surface area (Å²) >= 11 is 3.42. The first-order chi connectivity index (χ1) is 14.0. The molecular weight excluding hydrogens is 432 g/mol. The first kappa shape index (κ1) is 21.0. The fraction of sp³-hybridized carbons (Fsp3) is 0.318. The zero-order chi connectivity index (χ0) is 21.0. The second-order valence-corrected chi connectivity index (χ2v) is 7.76. The summed E-state index contributed by atoms with van der Waals surface area (Å²) in [6.07, 6.45) is 0.802. The van der Waals surface area contributed by atoms with Gasteiger partial charge in [-0.05, 0) is 50.6 Å². The van der Waals surface area contributed by atoms with E-state index in [0.29, 0.717) is 35.5 Å². The zero-order valence-corrected chi connectivity index (χ0v) is 18.4. The molecule has 2 amide bonds. The summed E-state index contributed by atoms with van der Waals surface area (Å²) in [5.74, 6) is 0.599. The lowest BCUT2D eigenvalue weighted by Crippen LogP contribution is -2.40. The predicted octanol–water partition coefficient (Wildman–Crippen LogP) is 5.18. The van der Waals surface area contributed by atoms with Crippen LogP contribution in [0.15, 0.2) is 57.8 Å². The molecule has 29 heavy (non-hydrogen) atoms. The maximum atomic E-state index is 13.1. The van der Waals surface area contributed by atoms with Crippen molar-refractivity contribution in [3.05, 3.63) is 69.2 Å². The predicted molar refractivity (Wildman–Crippen MR) is 120 cm³/mol. The fourth-order valence-corrected chi connectivity index (χ4v) is 3.84. The summed E-state index contributed by atoms with van der Waals surface area (Å²) < 4.78 is 2.58. The summed E-state index contributed by atoms with van der Waals surface area (Å²) in [4.78, 5) is 32.5. The average Bonchev–Trinajstić information content (AvgIpc) is 2.70. The number of anilines is 1. The normalized spacial score (nSPS) is 12.0. The Morgan fingerprint density at radius 1 is 1.21 bits per heavy atom. The quantitative estimate of drug-likeness (QED) is 0.555. The molecule has 0 saturated carbocycles. The van der Waals surface area contributed by atoms with E-state index in [2.05, 4.69) is 21.2 Å². The number of urea groups is 1. The number of nitrogens with one attached hydrogen (secondary N) is 1. The highest BCUT2D eigenvalue weighted by molar-refractivity contribution is 9.10. The van der Waals surface area contributed by atoms with Crippen LogP contribution in [0.2, 0.25) is 0 Å². The molecule has 0 aliphatic carbocycles. The summed E-state index contributed by atoms with van der Waals surface area (Å²) in [5, 5.41) is 3.53. The maximum absolute atomic E-state index is 13.1. The Bertz CT molecular complexity index is 1080. The summed E-state index contributed by atoms with van der Waals surface area (Å²) in [5.41, 5.74) is 1.28. The molecule has 0 aliphatic heterocycles. The van der Waals surface area contributed by atoms with Crippen molar-refractivity contribution in [1.82, 2.24) is 14.5 Å². The number of para-hydroxylation sites is 1. The third kappa shape index (κ3) is 4.50. The van der Waals surface area contributed by atoms with Gasteiger partial charge in [0.15, 0.2) is 0 Å². The van der Waals surface area contributed by atoms with Gasteiger partial charge in [-0.3, -0.25) is 9.36 Å². The van der Waals surface area contributed by atoms with Gasteiger partial charge >= 0.3 is 6.03 Å². The van der Waals surface area contributed by atoms with E-state index in [1.165, 1.54) is 0 Å². The lowest BCUT2D eigenvalue weighted by Gasteiger charge is -2.29. The van der Waals surface area contributed by atoms with Crippen LogP contribution < -0.4 is 10.9 Å². The molecule has 152 valence electrons. The molecule has 0 spiro atoms. The van der Waals surface area contributed by atoms with E-state index in [1.54, 1.807) is 15.5 Å². The van der Waals surface area contributed by atoms with E-state index in [1.807, 2.05) is 63.2 Å². The second kappa shape index (κ2) is 9.22. The van der Waals surface area contributed by atoms with Crippen molar-refractivity contribution < 1.29 is 4.79 Å². The number of hydrogen-bond acceptors (Lipinski definition) is 3. The van der Waals surface area contributed by atoms with E-state index >= 15 is 0 Å². The Kier molecular flexibility index (Phi) is 6.69. The molecule has 1 aromatic heterocycles. The Morgan fingerprint density at radius 2 is 1.97 bits per heavy atom. The Labute approximate surface area is 178 Å². The van der Waals surface area contributed by atoms with Crippen LogP contribution >= 0.6 is 15.9 Å². The smallest absolute Gasteiger partial charge is 0.315 e. The second-order valence-electron chi connectivity index (χ2n) is 6.85. The van der Waals surface area contributed by atoms with Crippen molar-refractivity contribution in [2.75, 3.05) is 11.9 Å². The number of carbonyl (C=O) groups is 1. The molecule has 6 nitrogen and oxygen atoms in total. The molecule has 1 heterocycles. The molecular formula is C22H25BrN4O2. The van der Waals surface area contributed by atoms with Crippen molar-refractivity contribution >= 4 is 38.6 Å². The number of halogens is 1. The van der Waals surface area contributed by atoms with E-state index in [-0.39, 0.29) is 17.6 Å². The van der Waals surface area contributed by atoms with E-state index < -0.39 is 0 Å². The van der Waals surface area contributed by atoms with Crippen molar-refractivity contribution in [3.8, 4) is 0 Å². The largest absolute Gasteiger partial charge is 0.322 e. The van der Waals surface area contributed by atoms with Crippen LogP contribution in [0.1, 0.15) is 39.1 Å². The third-order valence-corrected chi connectivity index (χ3v) is 5.35. The van der Waals surface area contributed by atoms with E-state index in [4.69, 9.17) is 4.98 Å². The minimum atomic E-state index is -0.365. The molecule has 7 heteroatoms. The average molecular weight is 457 g/mol. The first-order valence-corrected chi connectivity index (χ1v) is 10.6. The van der Waals surface area contributed by atoms with Gasteiger partial charge in [0.05, 0.1) is 16.9 Å². The molecule has 0 saturated heterocycles. The molecule has 2 aromatic carbocycles. The van der Waals surface area contributed by atoms with Crippen LogP contribution in [0.5, 0.6) is 0 Å². The van der Waals surface area contributed by atoms with E-state index in [0.717, 1.165) is 10.9 Å². The van der Waals surface area contributed by atoms with Crippen LogP contribution in [-0.4, -0.2) is 27.0 Å². The zero-order valence-electron chi connectivity index (χ0n) is 16.9. The van der Waals surface area contributed by atoms with Crippen molar-refractivity contribution in [2.45, 2.75) is 39.8 Å². The van der Waals surface area contributed by atoms with Crippen LogP contribution in [-0.2, 0) is 6.54 Å². The molecule has 3 aromatic rings. The van der Waals surface area contributed by atoms with Gasteiger partial charge in [-0.15, -0.1) is 0 Å². The first-order valence-electron chi connectivity index (χ1n) is 9.78. The van der Waals surface area contributed by atoms with Gasteiger partial charge < -0.3 is 10.2 Å². The Hall–Kier alpha value is -2.67. The number of hydrogen-bond donors (Lipinski definition) is 1. The summed E-state index contributed by atoms with van der Waals surface area (Å²) in [6, 6.07) is 14.2. The summed E-state index contributed by atoms with van der Waals surface area (Å²) in [7, 11) is 0. The lowest BCUT2D eigenvalue weighted by molar-refractivity contribution is 0.192. The SMILES string of the molecule is CCCn1c(C(C)N(CC)C(=O)Nc2cccc(Br)c2)nc2ccccc2c1=O. The standard InChI is InChI=1S/C22H25BrN4O2/c1-4-13-27-20(25-19-12-7-6-11-18(19)21(27)28)15(3)26(5-2)22(29)24-17-10-8-9-16(23)14-17/h6-12,14-15H,4-5,13H2,1-3H3,(H,24,29). The van der Waals surface area contributed by atoms with Gasteiger partial charge in [-0.2, -0.15) is 0 Å². The maximum Gasteiger partial charge on any atom is 0.322 e.